The van der Waals surface area contributed by atoms with Crippen molar-refractivity contribution in [3.05, 3.63) is 86.0 Å². The van der Waals surface area contributed by atoms with Crippen molar-refractivity contribution in [2.24, 2.45) is 0 Å². The number of urea groups is 1. The Bertz CT molecular complexity index is 1410. The Kier molecular flexibility index (Phi) is 8.90. The van der Waals surface area contributed by atoms with E-state index in [1.807, 2.05) is 25.1 Å². The van der Waals surface area contributed by atoms with Gasteiger partial charge in [0.15, 0.2) is 11.5 Å². The summed E-state index contributed by atoms with van der Waals surface area (Å²) in [6.45, 7) is 2.77. The molecule has 0 radical (unpaired) electrons. The minimum atomic E-state index is -0.824. The Labute approximate surface area is 238 Å². The van der Waals surface area contributed by atoms with Crippen LogP contribution < -0.4 is 24.4 Å². The first kappa shape index (κ1) is 27.5. The number of nitrogens with zero attached hydrogens (tertiary/aromatic N) is 1. The molecule has 0 atom stereocenters. The topological polar surface area (TPSA) is 94.2 Å². The van der Waals surface area contributed by atoms with E-state index in [4.69, 9.17) is 25.8 Å². The van der Waals surface area contributed by atoms with Gasteiger partial charge in [0.2, 0.25) is 0 Å². The maximum absolute atomic E-state index is 13.3. The number of carbonyl (C=O) groups is 3. The number of anilines is 1. The number of nitrogens with one attached hydrogen (secondary N) is 1. The Hall–Kier alpha value is -3.57. The van der Waals surface area contributed by atoms with Gasteiger partial charge in [-0.1, -0.05) is 36.7 Å². The molecular weight excluding hydrogens is 623 g/mol. The molecule has 3 aromatic carbocycles. The molecule has 0 bridgehead atoms. The van der Waals surface area contributed by atoms with Gasteiger partial charge in [-0.25, -0.2) is 9.69 Å². The van der Waals surface area contributed by atoms with Gasteiger partial charge >= 0.3 is 6.03 Å². The van der Waals surface area contributed by atoms with Crippen LogP contribution >= 0.6 is 34.2 Å². The van der Waals surface area contributed by atoms with E-state index in [0.717, 1.165) is 16.9 Å². The Morgan fingerprint density at radius 1 is 1.03 bits per heavy atom. The van der Waals surface area contributed by atoms with E-state index in [2.05, 4.69) is 27.9 Å². The zero-order valence-electron chi connectivity index (χ0n) is 20.6. The first-order chi connectivity index (χ1) is 18.3. The van der Waals surface area contributed by atoms with Crippen molar-refractivity contribution in [1.29, 1.82) is 0 Å². The molecule has 0 saturated carbocycles. The van der Waals surface area contributed by atoms with E-state index in [1.165, 1.54) is 13.2 Å². The summed E-state index contributed by atoms with van der Waals surface area (Å²) in [5.74, 6) is -0.00107. The fourth-order valence-electron chi connectivity index (χ4n) is 3.70. The number of methoxy groups -OCH3 is 1. The van der Waals surface area contributed by atoms with Crippen LogP contribution in [0.4, 0.5) is 10.5 Å². The highest BCUT2D eigenvalue weighted by Gasteiger charge is 2.37. The average molecular weight is 647 g/mol. The molecule has 1 N–H and O–H groups in total. The fraction of sp³-hybridized carbons (Fsp3) is 0.179. The van der Waals surface area contributed by atoms with E-state index >= 15 is 0 Å². The summed E-state index contributed by atoms with van der Waals surface area (Å²) < 4.78 is 17.8. The number of rotatable bonds is 9. The van der Waals surface area contributed by atoms with Gasteiger partial charge in [-0.15, -0.1) is 0 Å². The molecule has 1 aliphatic heterocycles. The quantitative estimate of drug-likeness (QED) is 0.175. The molecule has 0 spiro atoms. The highest BCUT2D eigenvalue weighted by Crippen LogP contribution is 2.36. The molecule has 8 nitrogen and oxygen atoms in total. The predicted octanol–water partition coefficient (Wildman–Crippen LogP) is 5.99. The second-order valence-corrected chi connectivity index (χ2v) is 9.78. The largest absolute Gasteiger partial charge is 0.494 e. The first-order valence-corrected chi connectivity index (χ1v) is 13.2. The van der Waals surface area contributed by atoms with Crippen LogP contribution in [-0.4, -0.2) is 31.6 Å². The second-order valence-electron chi connectivity index (χ2n) is 8.21. The van der Waals surface area contributed by atoms with E-state index in [0.29, 0.717) is 43.7 Å². The molecule has 4 amide bonds. The molecule has 1 aliphatic rings. The summed E-state index contributed by atoms with van der Waals surface area (Å²) >= 11 is 8.33. The number of hydrogen-bond acceptors (Lipinski definition) is 6. The molecule has 10 heteroatoms. The van der Waals surface area contributed by atoms with Gasteiger partial charge < -0.3 is 14.2 Å². The minimum absolute atomic E-state index is 0.196. The van der Waals surface area contributed by atoms with Gasteiger partial charge in [-0.05, 0) is 83.1 Å². The maximum atomic E-state index is 13.3. The normalized spacial score (nSPS) is 14.5. The highest BCUT2D eigenvalue weighted by molar-refractivity contribution is 14.1. The van der Waals surface area contributed by atoms with E-state index < -0.39 is 17.8 Å². The molecule has 0 aromatic heterocycles. The lowest BCUT2D eigenvalue weighted by molar-refractivity contribution is -0.122. The van der Waals surface area contributed by atoms with E-state index in [1.54, 1.807) is 42.5 Å². The van der Waals surface area contributed by atoms with Crippen molar-refractivity contribution >= 4 is 63.8 Å². The third-order valence-electron chi connectivity index (χ3n) is 5.56. The van der Waals surface area contributed by atoms with Gasteiger partial charge in [-0.2, -0.15) is 0 Å². The zero-order valence-corrected chi connectivity index (χ0v) is 23.5. The molecule has 1 fully saturated rings. The van der Waals surface area contributed by atoms with Crippen LogP contribution in [0.3, 0.4) is 0 Å². The number of carbonyl (C=O) groups excluding carboxylic acids is 3. The number of hydrogen-bond donors (Lipinski definition) is 1. The summed E-state index contributed by atoms with van der Waals surface area (Å²) in [5.41, 5.74) is 1.45. The van der Waals surface area contributed by atoms with Gasteiger partial charge in [0, 0.05) is 10.6 Å². The molecule has 1 heterocycles. The lowest BCUT2D eigenvalue weighted by Crippen LogP contribution is -2.54. The number of amides is 4. The third kappa shape index (κ3) is 6.11. The van der Waals surface area contributed by atoms with Crippen molar-refractivity contribution in [3.63, 3.8) is 0 Å². The smallest absolute Gasteiger partial charge is 0.335 e. The van der Waals surface area contributed by atoms with Crippen molar-refractivity contribution < 1.29 is 28.6 Å². The van der Waals surface area contributed by atoms with Gasteiger partial charge in [0.1, 0.15) is 17.9 Å². The van der Waals surface area contributed by atoms with Crippen LogP contribution in [0.2, 0.25) is 5.02 Å². The van der Waals surface area contributed by atoms with Crippen molar-refractivity contribution in [1.82, 2.24) is 5.32 Å². The lowest BCUT2D eigenvalue weighted by Gasteiger charge is -2.26. The molecule has 3 aromatic rings. The average Bonchev–Trinajstić information content (AvgIpc) is 2.90. The van der Waals surface area contributed by atoms with Gasteiger partial charge in [0.05, 0.1) is 23.0 Å². The van der Waals surface area contributed by atoms with Crippen LogP contribution in [0.1, 0.15) is 24.5 Å². The molecular formula is C28H24ClIN2O6. The fourth-order valence-corrected chi connectivity index (χ4v) is 4.67. The SMILES string of the molecule is CCCOc1ccc(N2C(=O)NC(=O)/C(=C/c3cc(I)c(OCc4ccccc4Cl)c(OC)c3)C2=O)cc1. The second kappa shape index (κ2) is 12.3. The summed E-state index contributed by atoms with van der Waals surface area (Å²) in [6.07, 6.45) is 2.27. The Morgan fingerprint density at radius 3 is 2.45 bits per heavy atom. The summed E-state index contributed by atoms with van der Waals surface area (Å²) in [6, 6.07) is 16.5. The Balaban J connectivity index is 1.60. The number of ether oxygens (including phenoxy) is 3. The number of halogens is 2. The predicted molar refractivity (Wildman–Crippen MR) is 153 cm³/mol. The van der Waals surface area contributed by atoms with Gasteiger partial charge in [-0.3, -0.25) is 14.9 Å². The summed E-state index contributed by atoms with van der Waals surface area (Å²) in [4.78, 5) is 39.4. The minimum Gasteiger partial charge on any atom is -0.494 e. The highest BCUT2D eigenvalue weighted by atomic mass is 127. The van der Waals surface area contributed by atoms with Crippen LogP contribution in [0.25, 0.3) is 6.08 Å². The van der Waals surface area contributed by atoms with Gasteiger partial charge in [0.25, 0.3) is 11.8 Å². The van der Waals surface area contributed by atoms with Crippen molar-refractivity contribution in [2.45, 2.75) is 20.0 Å². The van der Waals surface area contributed by atoms with E-state index in [-0.39, 0.29) is 12.2 Å². The number of imide groups is 2. The molecule has 1 saturated heterocycles. The number of barbiturate groups is 1. The molecule has 0 unspecified atom stereocenters. The van der Waals surface area contributed by atoms with Crippen LogP contribution in [0.5, 0.6) is 17.2 Å². The van der Waals surface area contributed by atoms with Crippen molar-refractivity contribution in [2.75, 3.05) is 18.6 Å². The maximum Gasteiger partial charge on any atom is 0.335 e. The monoisotopic (exact) mass is 646 g/mol. The summed E-state index contributed by atoms with van der Waals surface area (Å²) in [5, 5.41) is 2.82. The Morgan fingerprint density at radius 2 is 1.76 bits per heavy atom. The molecule has 38 heavy (non-hydrogen) atoms. The summed E-state index contributed by atoms with van der Waals surface area (Å²) in [7, 11) is 1.50. The zero-order chi connectivity index (χ0) is 27.2. The van der Waals surface area contributed by atoms with Crippen LogP contribution in [0.15, 0.2) is 66.2 Å². The number of benzene rings is 3. The van der Waals surface area contributed by atoms with Crippen LogP contribution in [0, 0.1) is 3.57 Å². The van der Waals surface area contributed by atoms with E-state index in [9.17, 15) is 14.4 Å². The molecule has 4 rings (SSSR count). The first-order valence-electron chi connectivity index (χ1n) is 11.7. The molecule has 196 valence electrons. The lowest BCUT2D eigenvalue weighted by atomic mass is 10.1. The van der Waals surface area contributed by atoms with Crippen LogP contribution in [-0.2, 0) is 16.2 Å². The molecule has 0 aliphatic carbocycles. The van der Waals surface area contributed by atoms with Crippen molar-refractivity contribution in [3.8, 4) is 17.2 Å². The third-order valence-corrected chi connectivity index (χ3v) is 6.73. The standard InChI is InChI=1S/C28H24ClIN2O6/c1-3-12-37-20-10-8-19(9-11-20)32-27(34)21(26(33)31-28(32)35)13-17-14-23(30)25(24(15-17)36-2)38-16-18-6-4-5-7-22(18)29/h4-11,13-15H,3,12,16H2,1-2H3,(H,31,33,35)/b21-13-.